The fraction of sp³-hybridized carbons (Fsp3) is 0.588. The normalized spacial score (nSPS) is 20.5. The van der Waals surface area contributed by atoms with Gasteiger partial charge in [-0.3, -0.25) is 4.90 Å². The Hall–Kier alpha value is -1.42. The van der Waals surface area contributed by atoms with Crippen LogP contribution in [0.25, 0.3) is 11.1 Å². The Bertz CT molecular complexity index is 635. The average molecular weight is 290 g/mol. The maximum Gasteiger partial charge on any atom is 0.198 e. The summed E-state index contributed by atoms with van der Waals surface area (Å²) in [4.78, 5) is 6.82. The van der Waals surface area contributed by atoms with Gasteiger partial charge in [-0.2, -0.15) is 0 Å². The van der Waals surface area contributed by atoms with Gasteiger partial charge in [-0.15, -0.1) is 0 Å². The van der Waals surface area contributed by atoms with Crippen molar-refractivity contribution in [3.8, 4) is 0 Å². The van der Waals surface area contributed by atoms with Crippen LogP contribution in [0.5, 0.6) is 0 Å². The lowest BCUT2D eigenvalue weighted by atomic mass is 10.00. The Morgan fingerprint density at radius 2 is 2.24 bits per heavy atom. The predicted octanol–water partition coefficient (Wildman–Crippen LogP) is 4.32. The van der Waals surface area contributed by atoms with Crippen LogP contribution in [0.2, 0.25) is 0 Å². The molecule has 0 saturated carbocycles. The quantitative estimate of drug-likeness (QED) is 0.843. The lowest BCUT2D eigenvalue weighted by Crippen LogP contribution is -2.33. The molecule has 0 amide bonds. The molecule has 1 aromatic carbocycles. The van der Waals surface area contributed by atoms with Gasteiger partial charge in [-0.1, -0.05) is 20.8 Å². The van der Waals surface area contributed by atoms with E-state index in [1.54, 1.807) is 6.07 Å². The summed E-state index contributed by atoms with van der Waals surface area (Å²) in [6.45, 7) is 9.26. The molecule has 4 heteroatoms. The number of benzene rings is 1. The van der Waals surface area contributed by atoms with Crippen LogP contribution in [-0.4, -0.2) is 23.0 Å². The molecule has 3 rings (SSSR count). The third kappa shape index (κ3) is 3.10. The Morgan fingerprint density at radius 1 is 1.43 bits per heavy atom. The maximum absolute atomic E-state index is 14.2. The fourth-order valence-electron chi connectivity index (χ4n) is 3.09. The summed E-state index contributed by atoms with van der Waals surface area (Å²) in [7, 11) is 0. The van der Waals surface area contributed by atoms with Crippen molar-refractivity contribution in [3.63, 3.8) is 0 Å². The van der Waals surface area contributed by atoms with Gasteiger partial charge in [0.25, 0.3) is 0 Å². The van der Waals surface area contributed by atoms with Crippen LogP contribution < -0.4 is 0 Å². The maximum atomic E-state index is 14.2. The molecule has 114 valence electrons. The molecule has 1 aliphatic rings. The number of fused-ring (bicyclic) bond motifs is 1. The molecule has 21 heavy (non-hydrogen) atoms. The number of rotatable bonds is 3. The first-order valence-corrected chi connectivity index (χ1v) is 7.84. The van der Waals surface area contributed by atoms with Crippen LogP contribution in [0.15, 0.2) is 16.5 Å². The lowest BCUT2D eigenvalue weighted by molar-refractivity contribution is 0.176. The SMILES string of the molecule is CC(C)c1nc2cc(CN3CCC[C@@H](C)C3)cc(F)c2o1. The standard InChI is InChI=1S/C17H23FN2O/c1-11(2)17-19-15-8-13(7-14(18)16(15)21-17)10-20-6-4-5-12(3)9-20/h7-8,11-12H,4-6,9-10H2,1-3H3/t12-/m1/s1. The number of oxazole rings is 1. The number of likely N-dealkylation sites (tertiary alicyclic amines) is 1. The third-order valence-corrected chi connectivity index (χ3v) is 4.16. The van der Waals surface area contributed by atoms with Crippen molar-refractivity contribution in [3.05, 3.63) is 29.4 Å². The predicted molar refractivity (Wildman–Crippen MR) is 81.7 cm³/mol. The van der Waals surface area contributed by atoms with Crippen molar-refractivity contribution in [2.75, 3.05) is 13.1 Å². The minimum absolute atomic E-state index is 0.170. The molecule has 0 N–H and O–H groups in total. The van der Waals surface area contributed by atoms with E-state index in [-0.39, 0.29) is 17.3 Å². The van der Waals surface area contributed by atoms with Gasteiger partial charge in [0.05, 0.1) is 0 Å². The molecule has 0 radical (unpaired) electrons. The van der Waals surface area contributed by atoms with Crippen molar-refractivity contribution in [1.82, 2.24) is 9.88 Å². The molecule has 0 unspecified atom stereocenters. The summed E-state index contributed by atoms with van der Waals surface area (Å²) >= 11 is 0. The summed E-state index contributed by atoms with van der Waals surface area (Å²) in [5.74, 6) is 1.20. The van der Waals surface area contributed by atoms with Crippen molar-refractivity contribution < 1.29 is 8.81 Å². The van der Waals surface area contributed by atoms with Crippen LogP contribution in [0.3, 0.4) is 0 Å². The van der Waals surface area contributed by atoms with Crippen molar-refractivity contribution >= 4 is 11.1 Å². The molecule has 0 aliphatic carbocycles. The third-order valence-electron chi connectivity index (χ3n) is 4.16. The van der Waals surface area contributed by atoms with Gasteiger partial charge in [0.15, 0.2) is 17.3 Å². The Labute approximate surface area is 125 Å². The molecule has 1 saturated heterocycles. The average Bonchev–Trinajstić information content (AvgIpc) is 2.83. The minimum atomic E-state index is -0.299. The number of halogens is 1. The summed E-state index contributed by atoms with van der Waals surface area (Å²) in [6, 6.07) is 3.56. The van der Waals surface area contributed by atoms with E-state index in [1.807, 2.05) is 19.9 Å². The zero-order chi connectivity index (χ0) is 15.0. The van der Waals surface area contributed by atoms with Crippen molar-refractivity contribution in [2.24, 2.45) is 5.92 Å². The first-order valence-electron chi connectivity index (χ1n) is 7.84. The number of aromatic nitrogens is 1. The van der Waals surface area contributed by atoms with Gasteiger partial charge < -0.3 is 4.42 Å². The number of hydrogen-bond acceptors (Lipinski definition) is 3. The molecule has 0 bridgehead atoms. The Morgan fingerprint density at radius 3 is 2.95 bits per heavy atom. The lowest BCUT2D eigenvalue weighted by Gasteiger charge is -2.30. The molecule has 3 nitrogen and oxygen atoms in total. The van der Waals surface area contributed by atoms with Gasteiger partial charge in [-0.05, 0) is 43.0 Å². The topological polar surface area (TPSA) is 29.3 Å². The molecule has 1 aromatic heterocycles. The van der Waals surface area contributed by atoms with E-state index in [0.29, 0.717) is 11.4 Å². The van der Waals surface area contributed by atoms with Crippen LogP contribution in [0.4, 0.5) is 4.39 Å². The van der Waals surface area contributed by atoms with E-state index in [4.69, 9.17) is 4.42 Å². The van der Waals surface area contributed by atoms with Gasteiger partial charge in [0.2, 0.25) is 0 Å². The van der Waals surface area contributed by atoms with Gasteiger partial charge in [0.1, 0.15) is 5.52 Å². The first-order chi connectivity index (χ1) is 10.0. The van der Waals surface area contributed by atoms with E-state index in [1.165, 1.54) is 12.8 Å². The second-order valence-electron chi connectivity index (χ2n) is 6.62. The van der Waals surface area contributed by atoms with Crippen LogP contribution >= 0.6 is 0 Å². The highest BCUT2D eigenvalue weighted by atomic mass is 19.1. The van der Waals surface area contributed by atoms with Gasteiger partial charge in [0, 0.05) is 19.0 Å². The smallest absolute Gasteiger partial charge is 0.198 e. The molecular formula is C17H23FN2O. The molecule has 1 aliphatic heterocycles. The van der Waals surface area contributed by atoms with E-state index >= 15 is 0 Å². The van der Waals surface area contributed by atoms with E-state index < -0.39 is 0 Å². The Kier molecular flexibility index (Phi) is 3.98. The van der Waals surface area contributed by atoms with Crippen molar-refractivity contribution in [1.29, 1.82) is 0 Å². The summed E-state index contributed by atoms with van der Waals surface area (Å²) in [6.07, 6.45) is 2.53. The largest absolute Gasteiger partial charge is 0.437 e. The second-order valence-corrected chi connectivity index (χ2v) is 6.62. The minimum Gasteiger partial charge on any atom is -0.437 e. The molecule has 1 atom stereocenters. The molecule has 2 aromatic rings. The summed E-state index contributed by atoms with van der Waals surface area (Å²) in [5.41, 5.74) is 1.91. The zero-order valence-electron chi connectivity index (χ0n) is 13.0. The molecule has 0 spiro atoms. The van der Waals surface area contributed by atoms with E-state index in [9.17, 15) is 4.39 Å². The van der Waals surface area contributed by atoms with Crippen LogP contribution in [0.1, 0.15) is 51.0 Å². The monoisotopic (exact) mass is 290 g/mol. The summed E-state index contributed by atoms with van der Waals surface area (Å²) < 4.78 is 19.7. The first kappa shape index (κ1) is 14.5. The highest BCUT2D eigenvalue weighted by Crippen LogP contribution is 2.26. The summed E-state index contributed by atoms with van der Waals surface area (Å²) in [5, 5.41) is 0. The van der Waals surface area contributed by atoms with E-state index in [2.05, 4.69) is 16.8 Å². The second kappa shape index (κ2) is 5.76. The van der Waals surface area contributed by atoms with Crippen LogP contribution in [0, 0.1) is 11.7 Å². The molecule has 2 heterocycles. The van der Waals surface area contributed by atoms with E-state index in [0.717, 1.165) is 31.1 Å². The Balaban J connectivity index is 1.85. The number of nitrogens with zero attached hydrogens (tertiary/aromatic N) is 2. The highest BCUT2D eigenvalue weighted by molar-refractivity contribution is 5.74. The number of hydrogen-bond donors (Lipinski definition) is 0. The molecular weight excluding hydrogens is 267 g/mol. The molecule has 1 fully saturated rings. The van der Waals surface area contributed by atoms with Crippen LogP contribution in [-0.2, 0) is 6.54 Å². The zero-order valence-corrected chi connectivity index (χ0v) is 13.0. The fourth-order valence-corrected chi connectivity index (χ4v) is 3.09. The number of piperidine rings is 1. The highest BCUT2D eigenvalue weighted by Gasteiger charge is 2.18. The van der Waals surface area contributed by atoms with Crippen molar-refractivity contribution in [2.45, 2.75) is 46.1 Å². The van der Waals surface area contributed by atoms with Gasteiger partial charge in [-0.25, -0.2) is 9.37 Å². The van der Waals surface area contributed by atoms with Gasteiger partial charge >= 0.3 is 0 Å².